The number of nitrogens with one attached hydrogen (secondary N) is 1. The van der Waals surface area contributed by atoms with E-state index in [1.54, 1.807) is 16.0 Å². The molecule has 1 aromatic carbocycles. The van der Waals surface area contributed by atoms with E-state index in [4.69, 9.17) is 0 Å². The number of carbonyl (C=O) groups is 1. The van der Waals surface area contributed by atoms with Crippen LogP contribution in [0.25, 0.3) is 0 Å². The first-order valence-electron chi connectivity index (χ1n) is 10.2. The fraction of sp³-hybridized carbons (Fsp3) is 0.391. The van der Waals surface area contributed by atoms with Gasteiger partial charge in [-0.05, 0) is 43.2 Å². The largest absolute Gasteiger partial charge is 0.328 e. The van der Waals surface area contributed by atoms with Crippen molar-refractivity contribution in [1.29, 1.82) is 0 Å². The Balaban J connectivity index is 1.72. The molecule has 3 aromatic rings. The molecule has 154 valence electrons. The van der Waals surface area contributed by atoms with E-state index in [9.17, 15) is 4.79 Å². The third-order valence-corrected chi connectivity index (χ3v) is 6.59. The predicted molar refractivity (Wildman–Crippen MR) is 119 cm³/mol. The van der Waals surface area contributed by atoms with E-state index in [0.717, 1.165) is 23.5 Å². The van der Waals surface area contributed by atoms with Crippen molar-refractivity contribution in [2.24, 2.45) is 7.05 Å². The van der Waals surface area contributed by atoms with Crippen molar-refractivity contribution in [2.75, 3.05) is 11.9 Å². The summed E-state index contributed by atoms with van der Waals surface area (Å²) in [6.45, 7) is 8.70. The highest BCUT2D eigenvalue weighted by atomic mass is 32.1. The fourth-order valence-corrected chi connectivity index (χ4v) is 4.37. The number of amides is 1. The highest BCUT2D eigenvalue weighted by Gasteiger charge is 2.21. The maximum Gasteiger partial charge on any atom is 0.279 e. The zero-order valence-electron chi connectivity index (χ0n) is 17.9. The van der Waals surface area contributed by atoms with Crippen LogP contribution in [0.15, 0.2) is 41.8 Å². The van der Waals surface area contributed by atoms with E-state index in [2.05, 4.69) is 71.4 Å². The van der Waals surface area contributed by atoms with Crippen LogP contribution in [0.5, 0.6) is 0 Å². The van der Waals surface area contributed by atoms with E-state index >= 15 is 0 Å². The Morgan fingerprint density at radius 1 is 1.21 bits per heavy atom. The molecule has 0 radical (unpaired) electrons. The highest BCUT2D eigenvalue weighted by Crippen LogP contribution is 2.25. The van der Waals surface area contributed by atoms with E-state index in [1.165, 1.54) is 16.0 Å². The van der Waals surface area contributed by atoms with Gasteiger partial charge < -0.3 is 10.6 Å². The molecule has 0 fully saturated rings. The Hall–Kier alpha value is -2.44. The summed E-state index contributed by atoms with van der Waals surface area (Å²) < 4.78 is 1.79. The number of rotatable bonds is 8. The second-order valence-corrected chi connectivity index (χ2v) is 8.61. The van der Waals surface area contributed by atoms with Gasteiger partial charge in [-0.2, -0.15) is 5.10 Å². The summed E-state index contributed by atoms with van der Waals surface area (Å²) in [4.78, 5) is 13.9. The number of hydrogen-bond donors (Lipinski definition) is 2. The zero-order valence-corrected chi connectivity index (χ0v) is 18.7. The summed E-state index contributed by atoms with van der Waals surface area (Å²) in [6, 6.07) is 13.2. The molecule has 2 heterocycles. The van der Waals surface area contributed by atoms with E-state index in [0.29, 0.717) is 12.5 Å². The van der Waals surface area contributed by atoms with Crippen LogP contribution in [0.1, 0.15) is 59.6 Å². The smallest absolute Gasteiger partial charge is 0.279 e. The maximum absolute atomic E-state index is 12.6. The van der Waals surface area contributed by atoms with Gasteiger partial charge in [0.1, 0.15) is 6.04 Å². The fourth-order valence-electron chi connectivity index (χ4n) is 3.52. The van der Waals surface area contributed by atoms with Gasteiger partial charge in [0.25, 0.3) is 5.91 Å². The summed E-state index contributed by atoms with van der Waals surface area (Å²) in [5, 5.41) is 11.6. The zero-order chi connectivity index (χ0) is 21.0. The van der Waals surface area contributed by atoms with Crippen LogP contribution in [0.3, 0.4) is 0 Å². The lowest BCUT2D eigenvalue weighted by atomic mass is 9.95. The van der Waals surface area contributed by atoms with Crippen molar-refractivity contribution < 1.29 is 10.1 Å². The molecule has 2 aromatic heterocycles. The van der Waals surface area contributed by atoms with Gasteiger partial charge in [0.15, 0.2) is 6.54 Å². The predicted octanol–water partition coefficient (Wildman–Crippen LogP) is 3.90. The first kappa shape index (κ1) is 21.3. The van der Waals surface area contributed by atoms with Crippen molar-refractivity contribution in [3.8, 4) is 0 Å². The molecule has 0 bridgehead atoms. The monoisotopic (exact) mass is 411 g/mol. The quantitative estimate of drug-likeness (QED) is 0.590. The normalized spacial score (nSPS) is 13.3. The second-order valence-electron chi connectivity index (χ2n) is 7.63. The molecule has 0 unspecified atom stereocenters. The number of aromatic nitrogens is 2. The Morgan fingerprint density at radius 3 is 2.45 bits per heavy atom. The van der Waals surface area contributed by atoms with Gasteiger partial charge in [0.2, 0.25) is 0 Å². The number of aryl methyl sites for hydroxylation is 2. The van der Waals surface area contributed by atoms with Gasteiger partial charge >= 0.3 is 0 Å². The summed E-state index contributed by atoms with van der Waals surface area (Å²) in [7, 11) is 1.89. The molecular weight excluding hydrogens is 380 g/mol. The average molecular weight is 412 g/mol. The highest BCUT2D eigenvalue weighted by molar-refractivity contribution is 7.10. The summed E-state index contributed by atoms with van der Waals surface area (Å²) in [5.41, 5.74) is 5.21. The van der Waals surface area contributed by atoms with Gasteiger partial charge in [-0.1, -0.05) is 44.2 Å². The first-order valence-corrected chi connectivity index (χ1v) is 11.0. The number of benzene rings is 1. The van der Waals surface area contributed by atoms with Gasteiger partial charge in [0, 0.05) is 12.6 Å². The third kappa shape index (κ3) is 4.95. The lowest BCUT2D eigenvalue weighted by Crippen LogP contribution is -2.87. The van der Waals surface area contributed by atoms with Crippen molar-refractivity contribution >= 4 is 22.9 Å². The first-order chi connectivity index (χ1) is 13.9. The summed E-state index contributed by atoms with van der Waals surface area (Å²) in [5.74, 6) is 0.548. The van der Waals surface area contributed by atoms with E-state index in [1.807, 2.05) is 20.9 Å². The van der Waals surface area contributed by atoms with Crippen LogP contribution >= 0.6 is 11.3 Å². The lowest BCUT2D eigenvalue weighted by molar-refractivity contribution is -0.675. The summed E-state index contributed by atoms with van der Waals surface area (Å²) in [6.07, 6.45) is 1.13. The molecular formula is C23H31N4OS+. The van der Waals surface area contributed by atoms with Crippen molar-refractivity contribution in [3.63, 3.8) is 0 Å². The molecule has 5 nitrogen and oxygen atoms in total. The molecule has 6 heteroatoms. The Bertz CT molecular complexity index is 944. The molecule has 3 rings (SSSR count). The summed E-state index contributed by atoms with van der Waals surface area (Å²) >= 11 is 1.73. The molecule has 0 aliphatic heterocycles. The van der Waals surface area contributed by atoms with Crippen molar-refractivity contribution in [1.82, 2.24) is 9.78 Å². The van der Waals surface area contributed by atoms with Crippen molar-refractivity contribution in [3.05, 3.63) is 69.2 Å². The minimum atomic E-state index is -0.0121. The van der Waals surface area contributed by atoms with Crippen LogP contribution in [0, 0.1) is 13.8 Å². The standard InChI is InChI=1S/C23H30N4OS/c1-6-15(2)18-9-11-19(12-10-18)23(20-8-7-13-29-20)24-14-21(28)25-22-16(3)26-27(5)17(22)4/h7-13,15,23-24H,6,14H2,1-5H3,(H,25,28)/p+1/t15-,23-/m0/s1. The molecule has 0 saturated carbocycles. The SMILES string of the molecule is CC[C@H](C)c1ccc([C@H]([NH2+]CC(=O)Nc2c(C)nn(C)c2C)c2cccs2)cc1. The number of nitrogens with zero attached hydrogens (tertiary/aromatic N) is 2. The molecule has 29 heavy (non-hydrogen) atoms. The van der Waals surface area contributed by atoms with Crippen LogP contribution in [-0.2, 0) is 11.8 Å². The van der Waals surface area contributed by atoms with Crippen LogP contribution in [0.4, 0.5) is 5.69 Å². The third-order valence-electron chi connectivity index (χ3n) is 5.64. The maximum atomic E-state index is 12.6. The molecule has 0 aliphatic carbocycles. The van der Waals surface area contributed by atoms with Crippen LogP contribution in [-0.4, -0.2) is 22.2 Å². The molecule has 1 amide bonds. The van der Waals surface area contributed by atoms with Crippen molar-refractivity contribution in [2.45, 2.75) is 46.1 Å². The van der Waals surface area contributed by atoms with Gasteiger partial charge in [-0.15, -0.1) is 11.3 Å². The van der Waals surface area contributed by atoms with Crippen LogP contribution in [0.2, 0.25) is 0 Å². The second kappa shape index (κ2) is 9.37. The number of anilines is 1. The lowest BCUT2D eigenvalue weighted by Gasteiger charge is -2.16. The topological polar surface area (TPSA) is 63.5 Å². The Morgan fingerprint density at radius 2 is 1.90 bits per heavy atom. The van der Waals surface area contributed by atoms with Gasteiger partial charge in [-0.25, -0.2) is 0 Å². The molecule has 0 spiro atoms. The Labute approximate surface area is 177 Å². The minimum absolute atomic E-state index is 0.0121. The minimum Gasteiger partial charge on any atom is -0.328 e. The number of hydrogen-bond acceptors (Lipinski definition) is 3. The number of carbonyl (C=O) groups excluding carboxylic acids is 1. The molecule has 2 atom stereocenters. The number of thiophene rings is 1. The van der Waals surface area contributed by atoms with Gasteiger partial charge in [0.05, 0.1) is 22.0 Å². The molecule has 0 aliphatic rings. The van der Waals surface area contributed by atoms with E-state index in [-0.39, 0.29) is 11.9 Å². The molecule has 0 saturated heterocycles. The van der Waals surface area contributed by atoms with Crippen LogP contribution < -0.4 is 10.6 Å². The Kier molecular flexibility index (Phi) is 6.87. The number of nitrogens with two attached hydrogens (primary N) is 1. The average Bonchev–Trinajstić information content (AvgIpc) is 3.33. The number of quaternary nitrogens is 1. The van der Waals surface area contributed by atoms with E-state index < -0.39 is 0 Å². The molecule has 3 N–H and O–H groups in total. The van der Waals surface area contributed by atoms with Gasteiger partial charge in [-0.3, -0.25) is 9.48 Å².